The minimum Gasteiger partial charge on any atom is -0.436 e. The van der Waals surface area contributed by atoms with Crippen molar-refractivity contribution in [1.29, 1.82) is 5.26 Å². The van der Waals surface area contributed by atoms with Crippen LogP contribution in [-0.4, -0.2) is 47.7 Å². The molecule has 1 fully saturated rings. The van der Waals surface area contributed by atoms with Crippen LogP contribution in [0.5, 0.6) is 0 Å². The van der Waals surface area contributed by atoms with Crippen molar-refractivity contribution in [2.24, 2.45) is 5.92 Å². The molecule has 9 heteroatoms. The highest BCUT2D eigenvalue weighted by Gasteiger charge is 2.49. The van der Waals surface area contributed by atoms with E-state index < -0.39 is 29.7 Å². The highest BCUT2D eigenvalue weighted by Crippen LogP contribution is 2.27. The summed E-state index contributed by atoms with van der Waals surface area (Å²) >= 11 is 0. The number of urea groups is 1. The van der Waals surface area contributed by atoms with Crippen molar-refractivity contribution in [2.45, 2.75) is 44.9 Å². The number of imide groups is 1. The summed E-state index contributed by atoms with van der Waals surface area (Å²) < 4.78 is 5.52. The second kappa shape index (κ2) is 12.0. The number of nitrogens with zero attached hydrogens (tertiary/aromatic N) is 2. The molecule has 9 nitrogen and oxygen atoms in total. The molecule has 184 valence electrons. The molecule has 1 aliphatic heterocycles. The first-order valence-electron chi connectivity index (χ1n) is 11.6. The van der Waals surface area contributed by atoms with Gasteiger partial charge in [0.05, 0.1) is 6.07 Å². The molecule has 0 bridgehead atoms. The minimum absolute atomic E-state index is 0.00959. The standard InChI is InChI=1S/C26H31N5O4/c1-19(2)15-22(35-25(34)29-16-20-9-5-3-6-10-20)23(32)31(26(17-27)13-14-28-18-26)24(33)30-21-11-7-4-8-12-21/h3-12,19,22,28H,13-16,18H2,1-2H3,(H,29,34)(H,30,33). The number of carbonyl (C=O) groups is 3. The van der Waals surface area contributed by atoms with Gasteiger partial charge in [-0.1, -0.05) is 62.4 Å². The second-order valence-electron chi connectivity index (χ2n) is 8.90. The van der Waals surface area contributed by atoms with Gasteiger partial charge in [0.15, 0.2) is 11.6 Å². The fourth-order valence-corrected chi connectivity index (χ4v) is 3.93. The van der Waals surface area contributed by atoms with Crippen LogP contribution in [0.25, 0.3) is 0 Å². The van der Waals surface area contributed by atoms with Gasteiger partial charge in [-0.15, -0.1) is 0 Å². The number of nitrogens with one attached hydrogen (secondary N) is 3. The number of benzene rings is 2. The molecule has 0 spiro atoms. The molecule has 2 unspecified atom stereocenters. The van der Waals surface area contributed by atoms with Crippen LogP contribution in [0, 0.1) is 17.2 Å². The molecule has 1 saturated heterocycles. The van der Waals surface area contributed by atoms with E-state index in [1.165, 1.54) is 0 Å². The Bertz CT molecular complexity index is 1050. The molecule has 1 heterocycles. The number of alkyl carbamates (subject to hydrolysis) is 1. The van der Waals surface area contributed by atoms with Gasteiger partial charge in [-0.05, 0) is 43.0 Å². The SMILES string of the molecule is CC(C)CC(OC(=O)NCc1ccccc1)C(=O)N(C(=O)Nc1ccccc1)C1(C#N)CCNC1. The van der Waals surface area contributed by atoms with E-state index in [2.05, 4.69) is 22.0 Å². The molecule has 1 aliphatic rings. The third-order valence-corrected chi connectivity index (χ3v) is 5.71. The molecule has 35 heavy (non-hydrogen) atoms. The summed E-state index contributed by atoms with van der Waals surface area (Å²) in [5.41, 5.74) is -0.0357. The molecule has 3 N–H and O–H groups in total. The number of hydrogen-bond acceptors (Lipinski definition) is 6. The van der Waals surface area contributed by atoms with E-state index in [0.29, 0.717) is 12.2 Å². The Morgan fingerprint density at radius 3 is 2.34 bits per heavy atom. The van der Waals surface area contributed by atoms with Gasteiger partial charge in [0.2, 0.25) is 0 Å². The smallest absolute Gasteiger partial charge is 0.408 e. The lowest BCUT2D eigenvalue weighted by Gasteiger charge is -2.35. The highest BCUT2D eigenvalue weighted by atomic mass is 16.6. The maximum atomic E-state index is 13.8. The lowest BCUT2D eigenvalue weighted by Crippen LogP contribution is -2.60. The topological polar surface area (TPSA) is 124 Å². The third kappa shape index (κ3) is 6.80. The second-order valence-corrected chi connectivity index (χ2v) is 8.90. The van der Waals surface area contributed by atoms with Gasteiger partial charge in [-0.3, -0.25) is 4.79 Å². The zero-order chi connectivity index (χ0) is 25.3. The van der Waals surface area contributed by atoms with Crippen molar-refractivity contribution >= 4 is 23.7 Å². The quantitative estimate of drug-likeness (QED) is 0.533. The molecule has 0 aliphatic carbocycles. The van der Waals surface area contributed by atoms with Crippen molar-refractivity contribution in [3.63, 3.8) is 0 Å². The predicted molar refractivity (Wildman–Crippen MR) is 131 cm³/mol. The number of carbonyl (C=O) groups excluding carboxylic acids is 3. The maximum absolute atomic E-state index is 13.8. The molecule has 2 aromatic rings. The summed E-state index contributed by atoms with van der Waals surface area (Å²) in [5, 5.41) is 18.4. The molecule has 0 aromatic heterocycles. The minimum atomic E-state index is -1.39. The Balaban J connectivity index is 1.82. The lowest BCUT2D eigenvalue weighted by atomic mass is 9.96. The fraction of sp³-hybridized carbons (Fsp3) is 0.385. The molecule has 3 rings (SSSR count). The molecular weight excluding hydrogens is 446 g/mol. The van der Waals surface area contributed by atoms with E-state index in [1.807, 2.05) is 44.2 Å². The fourth-order valence-electron chi connectivity index (χ4n) is 3.93. The first-order chi connectivity index (χ1) is 16.8. The highest BCUT2D eigenvalue weighted by molar-refractivity contribution is 6.04. The Labute approximate surface area is 205 Å². The number of anilines is 1. The molecule has 0 saturated carbocycles. The number of ether oxygens (including phenoxy) is 1. The van der Waals surface area contributed by atoms with Gasteiger partial charge in [-0.2, -0.15) is 5.26 Å². The Morgan fingerprint density at radius 2 is 1.77 bits per heavy atom. The third-order valence-electron chi connectivity index (χ3n) is 5.71. The van der Waals surface area contributed by atoms with Crippen LogP contribution in [-0.2, 0) is 16.1 Å². The average Bonchev–Trinajstić information content (AvgIpc) is 3.33. The Hall–Kier alpha value is -3.90. The number of hydrogen-bond donors (Lipinski definition) is 3. The van der Waals surface area contributed by atoms with Gasteiger partial charge in [0, 0.05) is 18.8 Å². The molecule has 0 radical (unpaired) electrons. The number of rotatable bonds is 8. The van der Waals surface area contributed by atoms with Gasteiger partial charge in [-0.25, -0.2) is 14.5 Å². The summed E-state index contributed by atoms with van der Waals surface area (Å²) in [6, 6.07) is 19.4. The van der Waals surface area contributed by atoms with Crippen LogP contribution in [0.15, 0.2) is 60.7 Å². The summed E-state index contributed by atoms with van der Waals surface area (Å²) in [7, 11) is 0. The zero-order valence-electron chi connectivity index (χ0n) is 20.0. The number of amides is 4. The van der Waals surface area contributed by atoms with Crippen molar-refractivity contribution in [2.75, 3.05) is 18.4 Å². The van der Waals surface area contributed by atoms with Crippen molar-refractivity contribution in [1.82, 2.24) is 15.5 Å². The van der Waals surface area contributed by atoms with E-state index >= 15 is 0 Å². The molecule has 2 atom stereocenters. The van der Waals surface area contributed by atoms with Gasteiger partial charge >= 0.3 is 12.1 Å². The van der Waals surface area contributed by atoms with Crippen LogP contribution in [0.4, 0.5) is 15.3 Å². The van der Waals surface area contributed by atoms with Crippen LogP contribution in [0.3, 0.4) is 0 Å². The summed E-state index contributed by atoms with van der Waals surface area (Å²) in [4.78, 5) is 40.6. The first-order valence-corrected chi connectivity index (χ1v) is 11.6. The molecule has 2 aromatic carbocycles. The van der Waals surface area contributed by atoms with E-state index in [-0.39, 0.29) is 31.8 Å². The van der Waals surface area contributed by atoms with Crippen molar-refractivity contribution in [3.05, 3.63) is 66.2 Å². The Morgan fingerprint density at radius 1 is 1.11 bits per heavy atom. The summed E-state index contributed by atoms with van der Waals surface area (Å²) in [6.07, 6.45) is -1.54. The van der Waals surface area contributed by atoms with Gasteiger partial charge in [0.25, 0.3) is 5.91 Å². The average molecular weight is 478 g/mol. The van der Waals surface area contributed by atoms with Gasteiger partial charge in [0.1, 0.15) is 0 Å². The molecular formula is C26H31N5O4. The van der Waals surface area contributed by atoms with Gasteiger partial charge < -0.3 is 20.7 Å². The van der Waals surface area contributed by atoms with E-state index in [0.717, 1.165) is 10.5 Å². The van der Waals surface area contributed by atoms with Crippen LogP contribution in [0.2, 0.25) is 0 Å². The monoisotopic (exact) mass is 477 g/mol. The predicted octanol–water partition coefficient (Wildman–Crippen LogP) is 3.64. The number of nitriles is 1. The first kappa shape index (κ1) is 25.7. The van der Waals surface area contributed by atoms with Crippen molar-refractivity contribution in [3.8, 4) is 6.07 Å². The van der Waals surface area contributed by atoms with E-state index in [4.69, 9.17) is 4.74 Å². The summed E-state index contributed by atoms with van der Waals surface area (Å²) in [5.74, 6) is -0.739. The van der Waals surface area contributed by atoms with E-state index in [9.17, 15) is 19.6 Å². The van der Waals surface area contributed by atoms with Crippen LogP contribution < -0.4 is 16.0 Å². The molecule has 4 amide bonds. The lowest BCUT2D eigenvalue weighted by molar-refractivity contribution is -0.141. The maximum Gasteiger partial charge on any atom is 0.408 e. The Kier molecular flexibility index (Phi) is 8.81. The van der Waals surface area contributed by atoms with Crippen molar-refractivity contribution < 1.29 is 19.1 Å². The largest absolute Gasteiger partial charge is 0.436 e. The van der Waals surface area contributed by atoms with Crippen LogP contribution in [0.1, 0.15) is 32.3 Å². The zero-order valence-corrected chi connectivity index (χ0v) is 20.0. The van der Waals surface area contributed by atoms with E-state index in [1.54, 1.807) is 30.3 Å². The van der Waals surface area contributed by atoms with Crippen LogP contribution >= 0.6 is 0 Å². The summed E-state index contributed by atoms with van der Waals surface area (Å²) in [6.45, 7) is 4.61. The number of para-hydroxylation sites is 1. The normalized spacial score (nSPS) is 17.8.